The molecule has 1 aromatic carbocycles. The number of pyridine rings is 8. The van der Waals surface area contributed by atoms with Gasteiger partial charge in [-0.3, -0.25) is 14.6 Å². The fourth-order valence-corrected chi connectivity index (χ4v) is 17.3. The third kappa shape index (κ3) is 16.7. The Morgan fingerprint density at radius 3 is 1.38 bits per heavy atom. The van der Waals surface area contributed by atoms with Gasteiger partial charge >= 0.3 is 0 Å². The van der Waals surface area contributed by atoms with E-state index < -0.39 is 0 Å². The summed E-state index contributed by atoms with van der Waals surface area (Å²) in [6, 6.07) is 45.0. The SMILES string of the molecule is COc1ccc(CN2C3CC2CN(c2ccc(-c4cc(C5CCN(C)CC5)cn5ncc(C#N)c45)cn2)C3)cn1.COc1ccc(CN2CCN(c3ccc(-c4cc(N5CCOCC5)cn5ncc(C#N)c45)cn3)CC2)cn1.C[C@@H](C(=O)N1CCN(c2ccc(-c3cc(N4CCOCC4)cn4ncc(C#N)c34)cn2)CC1)c1ccccc1. The van der Waals surface area contributed by atoms with E-state index in [0.717, 1.165) is 202 Å². The van der Waals surface area contributed by atoms with E-state index in [1.54, 1.807) is 37.3 Å². The number of methoxy groups -OCH3 is 2. The van der Waals surface area contributed by atoms with Gasteiger partial charge in [0, 0.05) is 199 Å². The van der Waals surface area contributed by atoms with E-state index in [-0.39, 0.29) is 11.8 Å². The predicted molar refractivity (Wildman–Crippen MR) is 448 cm³/mol. The highest BCUT2D eigenvalue weighted by Crippen LogP contribution is 2.40. The Hall–Kier alpha value is -12.6. The number of carbonyl (C=O) groups excluding carboxylic acids is 1. The maximum absolute atomic E-state index is 13.1. The number of aromatic nitrogens is 11. The third-order valence-electron chi connectivity index (χ3n) is 24.0. The van der Waals surface area contributed by atoms with Crippen LogP contribution in [0.2, 0.25) is 0 Å². The zero-order valence-corrected chi connectivity index (χ0v) is 66.6. The van der Waals surface area contributed by atoms with Gasteiger partial charge in [0.25, 0.3) is 0 Å². The molecule has 0 spiro atoms. The zero-order valence-electron chi connectivity index (χ0n) is 66.6. The van der Waals surface area contributed by atoms with E-state index in [1.807, 2.05) is 113 Å². The molecule has 19 heterocycles. The second-order valence-electron chi connectivity index (χ2n) is 31.0. The normalized spacial score (nSPS) is 18.4. The molecule has 8 aliphatic rings. The number of anilines is 5. The summed E-state index contributed by atoms with van der Waals surface area (Å²) in [4.78, 5) is 57.2. The Labute approximate surface area is 680 Å². The summed E-state index contributed by atoms with van der Waals surface area (Å²) in [5, 5.41) is 42.6. The molecule has 28 heteroatoms. The maximum atomic E-state index is 13.1. The van der Waals surface area contributed by atoms with E-state index in [0.29, 0.717) is 86.0 Å². The molecule has 2 unspecified atom stereocenters. The van der Waals surface area contributed by atoms with Crippen molar-refractivity contribution in [2.45, 2.75) is 63.2 Å². The first-order valence-corrected chi connectivity index (χ1v) is 40.5. The third-order valence-corrected chi connectivity index (χ3v) is 24.0. The molecule has 0 saturated carbocycles. The summed E-state index contributed by atoms with van der Waals surface area (Å²) in [5.74, 6) is 4.67. The number of nitriles is 3. The first kappa shape index (κ1) is 77.0. The minimum Gasteiger partial charge on any atom is -0.481 e. The van der Waals surface area contributed by atoms with E-state index >= 15 is 0 Å². The molecule has 20 rings (SSSR count). The van der Waals surface area contributed by atoms with Gasteiger partial charge in [-0.05, 0) is 129 Å². The number of fused-ring (bicyclic) bond motifs is 5. The lowest BCUT2D eigenvalue weighted by Crippen LogP contribution is -2.68. The number of hydrogen-bond donors (Lipinski definition) is 0. The highest BCUT2D eigenvalue weighted by molar-refractivity contribution is 5.89. The van der Waals surface area contributed by atoms with Gasteiger partial charge in [0.2, 0.25) is 17.7 Å². The van der Waals surface area contributed by atoms with Gasteiger partial charge in [0.15, 0.2) is 0 Å². The Bertz CT molecular complexity index is 5560. The topological polar surface area (TPSA) is 271 Å². The first-order chi connectivity index (χ1) is 57.4. The van der Waals surface area contributed by atoms with Gasteiger partial charge in [-0.1, -0.05) is 42.5 Å². The van der Waals surface area contributed by atoms with E-state index in [1.165, 1.54) is 23.1 Å². The van der Waals surface area contributed by atoms with Gasteiger partial charge < -0.3 is 53.2 Å². The smallest absolute Gasteiger partial charge is 0.229 e. The predicted octanol–water partition coefficient (Wildman–Crippen LogP) is 10.3. The molecule has 0 N–H and O–H groups in total. The van der Waals surface area contributed by atoms with Crippen LogP contribution in [0.5, 0.6) is 11.8 Å². The second kappa shape index (κ2) is 34.8. The van der Waals surface area contributed by atoms with Crippen molar-refractivity contribution in [3.05, 3.63) is 216 Å². The summed E-state index contributed by atoms with van der Waals surface area (Å²) in [6.07, 6.45) is 24.1. The van der Waals surface area contributed by atoms with Crippen molar-refractivity contribution in [2.75, 3.05) is 177 Å². The lowest BCUT2D eigenvalue weighted by molar-refractivity contribution is -0.132. The Morgan fingerprint density at radius 2 is 0.932 bits per heavy atom. The Kier molecular flexibility index (Phi) is 22.9. The molecular weight excluding hydrogens is 1470 g/mol. The number of nitrogens with zero attached hydrogens (tertiary/aromatic N) is 23. The molecular formula is C89H95N23O5. The minimum absolute atomic E-state index is 0.151. The standard InChI is InChI=1S/C31H34N8O.C30H31N7O2.C28H30N8O2/c1-36-9-7-22(8-10-36)24-11-28(31-25(13-32)16-35-39(31)18-24)23-4-5-29(33-15-23)37-19-26-12-27(20-37)38(26)17-21-3-6-30(40-2)34-14-21;1-22(23-5-3-2-4-6-23)30(38)36-11-9-35(10-12-36)28-8-7-24(19-32-28)27-17-26(34-13-15-39-16-14-34)21-37-29(27)25(18-31)20-33-37;1-37-27-5-2-21(16-31-27)19-33-6-8-35(9-7-33)26-4-3-22(17-30-26)25-14-24(34-10-12-38-13-11-34)20-36-28(25)23(15-29)18-32-36/h3-6,11,14-16,18,22,26-27H,7-10,12,17,19-20H2,1-2H3;2-8,17,19-22H,9-16H2,1H3;2-5,14,16-18,20H,6-13,19H2,1H3/t;22-;/m.1./s1. The summed E-state index contributed by atoms with van der Waals surface area (Å²) in [7, 11) is 5.46. The molecule has 12 aromatic rings. The van der Waals surface area contributed by atoms with Crippen LogP contribution in [0.25, 0.3) is 49.9 Å². The highest BCUT2D eigenvalue weighted by atomic mass is 16.5. The van der Waals surface area contributed by atoms with Crippen LogP contribution in [0.3, 0.4) is 0 Å². The zero-order chi connectivity index (χ0) is 79.9. The van der Waals surface area contributed by atoms with Crippen molar-refractivity contribution in [1.29, 1.82) is 15.8 Å². The molecule has 8 aliphatic heterocycles. The average Bonchev–Trinajstić information content (AvgIpc) is 1.22. The van der Waals surface area contributed by atoms with Crippen LogP contribution < -0.4 is 34.0 Å². The summed E-state index contributed by atoms with van der Waals surface area (Å²) < 4.78 is 26.9. The molecule has 0 aliphatic carbocycles. The number of piperidine rings is 2. The average molecular weight is 1570 g/mol. The van der Waals surface area contributed by atoms with Crippen LogP contribution in [0.1, 0.15) is 77.0 Å². The van der Waals surface area contributed by atoms with Crippen molar-refractivity contribution in [2.24, 2.45) is 0 Å². The van der Waals surface area contributed by atoms with E-state index in [4.69, 9.17) is 33.9 Å². The summed E-state index contributed by atoms with van der Waals surface area (Å²) in [6.45, 7) is 20.5. The number of benzene rings is 1. The van der Waals surface area contributed by atoms with Gasteiger partial charge in [-0.25, -0.2) is 38.5 Å². The quantitative estimate of drug-likeness (QED) is 0.0819. The number of likely N-dealkylation sites (tertiary alicyclic amines) is 1. The molecule has 596 valence electrons. The molecule has 2 bridgehead atoms. The van der Waals surface area contributed by atoms with E-state index in [9.17, 15) is 20.6 Å². The molecule has 28 nitrogen and oxygen atoms in total. The van der Waals surface area contributed by atoms with Crippen LogP contribution in [0.15, 0.2) is 177 Å². The molecule has 3 atom stereocenters. The Balaban J connectivity index is 0.000000126. The number of carbonyl (C=O) groups is 1. The molecule has 0 radical (unpaired) electrons. The summed E-state index contributed by atoms with van der Waals surface area (Å²) >= 11 is 0. The van der Waals surface area contributed by atoms with Gasteiger partial charge in [0.05, 0.1) is 122 Å². The van der Waals surface area contributed by atoms with Crippen LogP contribution in [-0.4, -0.2) is 244 Å². The van der Waals surface area contributed by atoms with Gasteiger partial charge in [-0.2, -0.15) is 31.1 Å². The molecule has 8 saturated heterocycles. The van der Waals surface area contributed by atoms with Crippen molar-refractivity contribution < 1.29 is 23.7 Å². The molecule has 11 aromatic heterocycles. The summed E-state index contributed by atoms with van der Waals surface area (Å²) in [5.41, 5.74) is 16.8. The van der Waals surface area contributed by atoms with Gasteiger partial charge in [-0.15, -0.1) is 0 Å². The number of hydrogen-bond acceptors (Lipinski definition) is 24. The van der Waals surface area contributed by atoms with Crippen LogP contribution in [-0.2, 0) is 27.4 Å². The van der Waals surface area contributed by atoms with Crippen molar-refractivity contribution in [3.63, 3.8) is 0 Å². The number of ether oxygens (including phenoxy) is 4. The number of piperazine rings is 3. The molecule has 117 heavy (non-hydrogen) atoms. The number of rotatable bonds is 17. The lowest BCUT2D eigenvalue weighted by atomic mass is 9.87. The van der Waals surface area contributed by atoms with Crippen LogP contribution in [0, 0.1) is 34.0 Å². The second-order valence-corrected chi connectivity index (χ2v) is 31.0. The lowest BCUT2D eigenvalue weighted by Gasteiger charge is -2.56. The molecule has 1 amide bonds. The van der Waals surface area contributed by atoms with Crippen molar-refractivity contribution >= 4 is 51.3 Å². The van der Waals surface area contributed by atoms with E-state index in [2.05, 4.69) is 157 Å². The van der Waals surface area contributed by atoms with Crippen LogP contribution in [0.4, 0.5) is 28.8 Å². The number of morpholine rings is 2. The fourth-order valence-electron chi connectivity index (χ4n) is 17.3. The maximum Gasteiger partial charge on any atom is 0.229 e. The van der Waals surface area contributed by atoms with Gasteiger partial charge in [0.1, 0.15) is 35.7 Å². The largest absolute Gasteiger partial charge is 0.481 e. The van der Waals surface area contributed by atoms with Crippen molar-refractivity contribution in [1.82, 2.24) is 73.4 Å². The fraction of sp³-hybridized carbons (Fsp3) is 0.371. The molecule has 8 fully saturated rings. The monoisotopic (exact) mass is 1570 g/mol. The van der Waals surface area contributed by atoms with Crippen molar-refractivity contribution in [3.8, 4) is 63.3 Å². The number of amides is 1. The minimum atomic E-state index is -0.151. The first-order valence-electron chi connectivity index (χ1n) is 40.5. The Morgan fingerprint density at radius 1 is 0.479 bits per heavy atom. The highest BCUT2D eigenvalue weighted by Gasteiger charge is 2.45. The van der Waals surface area contributed by atoms with Crippen LogP contribution >= 0.6 is 0 Å².